The highest BCUT2D eigenvalue weighted by Crippen LogP contribution is 2.32. The van der Waals surface area contributed by atoms with E-state index in [9.17, 15) is 23.5 Å². The molecule has 2 amide bonds. The highest BCUT2D eigenvalue weighted by atomic mass is 19.1. The molecule has 6 nitrogen and oxygen atoms in total. The summed E-state index contributed by atoms with van der Waals surface area (Å²) in [5, 5.41) is 16.8. The number of piperidine rings is 1. The van der Waals surface area contributed by atoms with Gasteiger partial charge in [-0.3, -0.25) is 14.9 Å². The molecule has 0 radical (unpaired) electrons. The van der Waals surface area contributed by atoms with Crippen LogP contribution in [0, 0.1) is 11.6 Å². The lowest BCUT2D eigenvalue weighted by molar-refractivity contribution is -0.122. The molecule has 190 valence electrons. The molecular weight excluding hydrogens is 452 g/mol. The Morgan fingerprint density at radius 3 is 2.54 bits per heavy atom. The van der Waals surface area contributed by atoms with Crippen molar-refractivity contribution >= 4 is 12.3 Å². The summed E-state index contributed by atoms with van der Waals surface area (Å²) in [5.74, 6) is -1.10. The molecule has 2 aromatic rings. The summed E-state index contributed by atoms with van der Waals surface area (Å²) in [5.41, 5.74) is 2.84. The van der Waals surface area contributed by atoms with Gasteiger partial charge in [0.05, 0.1) is 18.3 Å². The highest BCUT2D eigenvalue weighted by molar-refractivity contribution is 5.73. The Morgan fingerprint density at radius 2 is 1.91 bits per heavy atom. The zero-order valence-corrected chi connectivity index (χ0v) is 20.5. The number of aliphatic hydroxyl groups is 1. The number of nitrogens with one attached hydrogen (secondary N) is 2. The van der Waals surface area contributed by atoms with Crippen LogP contribution in [-0.4, -0.2) is 53.7 Å². The zero-order chi connectivity index (χ0) is 25.5. The predicted molar refractivity (Wildman–Crippen MR) is 131 cm³/mol. The van der Waals surface area contributed by atoms with E-state index in [1.165, 1.54) is 30.2 Å². The van der Waals surface area contributed by atoms with Crippen molar-refractivity contribution in [3.8, 4) is 0 Å². The van der Waals surface area contributed by atoms with Crippen molar-refractivity contribution in [1.29, 1.82) is 0 Å². The highest BCUT2D eigenvalue weighted by Gasteiger charge is 2.30. The maximum Gasteiger partial charge on any atom is 0.217 e. The van der Waals surface area contributed by atoms with E-state index in [0.717, 1.165) is 18.9 Å². The normalized spacial score (nSPS) is 19.9. The number of halogens is 2. The fourth-order valence-corrected chi connectivity index (χ4v) is 4.71. The third-order valence-corrected chi connectivity index (χ3v) is 6.62. The quantitative estimate of drug-likeness (QED) is 0.449. The summed E-state index contributed by atoms with van der Waals surface area (Å²) in [6, 6.07) is 10.9. The van der Waals surface area contributed by atoms with Crippen LogP contribution in [0.1, 0.15) is 62.1 Å². The lowest BCUT2D eigenvalue weighted by Crippen LogP contribution is -2.54. The van der Waals surface area contributed by atoms with Crippen molar-refractivity contribution in [3.63, 3.8) is 0 Å². The molecule has 0 aromatic heterocycles. The molecule has 0 aliphatic carbocycles. The lowest BCUT2D eigenvalue weighted by Gasteiger charge is -2.39. The van der Waals surface area contributed by atoms with Crippen LogP contribution in [0.4, 0.5) is 8.78 Å². The monoisotopic (exact) mass is 487 g/mol. The number of hydrogen-bond donors (Lipinski definition) is 3. The molecule has 1 fully saturated rings. The average Bonchev–Trinajstić information content (AvgIpc) is 2.81. The third kappa shape index (κ3) is 7.57. The first kappa shape index (κ1) is 26.8. The molecule has 8 heteroatoms. The maximum atomic E-state index is 13.6. The van der Waals surface area contributed by atoms with Crippen molar-refractivity contribution in [2.75, 3.05) is 13.1 Å². The third-order valence-electron chi connectivity index (χ3n) is 6.62. The molecule has 3 rings (SSSR count). The van der Waals surface area contributed by atoms with E-state index in [0.29, 0.717) is 24.4 Å². The lowest BCUT2D eigenvalue weighted by atomic mass is 9.86. The maximum absolute atomic E-state index is 13.6. The standard InChI is InChI=1S/C27H35F2N3O3/c1-17(2)20-5-4-6-21(12-20)22-7-8-32(16-33)27(13-22)30-15-26(35)25(31-18(3)34)11-19-9-23(28)14-24(29)10-19/h4-6,9-10,12,14,16-17,22,25-27,30,35H,7-8,11,13,15H2,1-3H3,(H,31,34). The number of carbonyl (C=O) groups excluding carboxylic acids is 2. The van der Waals surface area contributed by atoms with Gasteiger partial charge in [0.15, 0.2) is 0 Å². The summed E-state index contributed by atoms with van der Waals surface area (Å²) in [4.78, 5) is 25.1. The molecule has 0 saturated carbocycles. The number of aliphatic hydroxyl groups excluding tert-OH is 1. The minimum atomic E-state index is -1.04. The molecule has 35 heavy (non-hydrogen) atoms. The Hall–Kier alpha value is -2.84. The number of benzene rings is 2. The Bertz CT molecular complexity index is 997. The number of rotatable bonds is 10. The van der Waals surface area contributed by atoms with E-state index in [1.54, 1.807) is 4.90 Å². The Balaban J connectivity index is 1.68. The second kappa shape index (κ2) is 12.2. The van der Waals surface area contributed by atoms with Gasteiger partial charge in [-0.2, -0.15) is 0 Å². The summed E-state index contributed by atoms with van der Waals surface area (Å²) in [6.07, 6.45) is 1.08. The van der Waals surface area contributed by atoms with Crippen LogP contribution in [0.5, 0.6) is 0 Å². The first-order valence-electron chi connectivity index (χ1n) is 12.1. The van der Waals surface area contributed by atoms with Crippen molar-refractivity contribution in [3.05, 3.63) is 70.8 Å². The summed E-state index contributed by atoms with van der Waals surface area (Å²) in [6.45, 7) is 6.32. The van der Waals surface area contributed by atoms with Crippen LogP contribution in [0.15, 0.2) is 42.5 Å². The van der Waals surface area contributed by atoms with Gasteiger partial charge >= 0.3 is 0 Å². The average molecular weight is 488 g/mol. The fourth-order valence-electron chi connectivity index (χ4n) is 4.71. The molecule has 1 heterocycles. The van der Waals surface area contributed by atoms with Gasteiger partial charge in [0.2, 0.25) is 12.3 Å². The molecule has 4 unspecified atom stereocenters. The van der Waals surface area contributed by atoms with Crippen molar-refractivity contribution in [2.45, 2.75) is 70.2 Å². The van der Waals surface area contributed by atoms with E-state index < -0.39 is 23.8 Å². The van der Waals surface area contributed by atoms with Crippen LogP contribution in [-0.2, 0) is 16.0 Å². The molecule has 1 aliphatic rings. The predicted octanol–water partition coefficient (Wildman–Crippen LogP) is 3.45. The molecule has 3 N–H and O–H groups in total. The smallest absolute Gasteiger partial charge is 0.217 e. The number of carbonyl (C=O) groups is 2. The van der Waals surface area contributed by atoms with Crippen molar-refractivity contribution < 1.29 is 23.5 Å². The second-order valence-electron chi connectivity index (χ2n) is 9.67. The van der Waals surface area contributed by atoms with Gasteiger partial charge in [0.1, 0.15) is 11.6 Å². The van der Waals surface area contributed by atoms with E-state index in [-0.39, 0.29) is 31.0 Å². The SMILES string of the molecule is CC(=O)NC(Cc1cc(F)cc(F)c1)C(O)CNC1CC(c2cccc(C(C)C)c2)CCN1C=O. The largest absolute Gasteiger partial charge is 0.390 e. The second-order valence-corrected chi connectivity index (χ2v) is 9.67. The van der Waals surface area contributed by atoms with Gasteiger partial charge < -0.3 is 15.3 Å². The summed E-state index contributed by atoms with van der Waals surface area (Å²) >= 11 is 0. The van der Waals surface area contributed by atoms with Gasteiger partial charge in [0, 0.05) is 26.1 Å². The summed E-state index contributed by atoms with van der Waals surface area (Å²) in [7, 11) is 0. The molecule has 0 spiro atoms. The Labute approximate surface area is 205 Å². The number of nitrogens with zero attached hydrogens (tertiary/aromatic N) is 1. The van der Waals surface area contributed by atoms with Crippen molar-refractivity contribution in [2.24, 2.45) is 0 Å². The van der Waals surface area contributed by atoms with Crippen LogP contribution in [0.25, 0.3) is 0 Å². The minimum absolute atomic E-state index is 0.0593. The topological polar surface area (TPSA) is 81.7 Å². The van der Waals surface area contributed by atoms with E-state index in [2.05, 4.69) is 48.7 Å². The number of likely N-dealkylation sites (tertiary alicyclic amines) is 1. The number of hydrogen-bond acceptors (Lipinski definition) is 4. The molecule has 0 bridgehead atoms. The van der Waals surface area contributed by atoms with Gasteiger partial charge in [-0.15, -0.1) is 0 Å². The summed E-state index contributed by atoms with van der Waals surface area (Å²) < 4.78 is 27.2. The Morgan fingerprint density at radius 1 is 1.20 bits per heavy atom. The number of amides is 2. The van der Waals surface area contributed by atoms with Crippen LogP contribution < -0.4 is 10.6 Å². The molecule has 2 aromatic carbocycles. The van der Waals surface area contributed by atoms with Crippen molar-refractivity contribution in [1.82, 2.24) is 15.5 Å². The van der Waals surface area contributed by atoms with Crippen LogP contribution >= 0.6 is 0 Å². The Kier molecular flexibility index (Phi) is 9.34. The molecule has 1 saturated heterocycles. The first-order chi connectivity index (χ1) is 16.7. The fraction of sp³-hybridized carbons (Fsp3) is 0.481. The van der Waals surface area contributed by atoms with Crippen LogP contribution in [0.3, 0.4) is 0 Å². The van der Waals surface area contributed by atoms with E-state index >= 15 is 0 Å². The van der Waals surface area contributed by atoms with Gasteiger partial charge in [0.25, 0.3) is 0 Å². The van der Waals surface area contributed by atoms with Gasteiger partial charge in [-0.25, -0.2) is 8.78 Å². The van der Waals surface area contributed by atoms with E-state index in [4.69, 9.17) is 0 Å². The zero-order valence-electron chi connectivity index (χ0n) is 20.5. The van der Waals surface area contributed by atoms with Gasteiger partial charge in [-0.1, -0.05) is 38.1 Å². The minimum Gasteiger partial charge on any atom is -0.390 e. The van der Waals surface area contributed by atoms with Crippen LogP contribution in [0.2, 0.25) is 0 Å². The first-order valence-corrected chi connectivity index (χ1v) is 12.1. The molecule has 4 atom stereocenters. The molecule has 1 aliphatic heterocycles. The van der Waals surface area contributed by atoms with E-state index in [1.807, 2.05) is 0 Å². The van der Waals surface area contributed by atoms with Gasteiger partial charge in [-0.05, 0) is 59.9 Å². The molecular formula is C27H35F2N3O3.